The Balaban J connectivity index is 1.60. The maximum Gasteiger partial charge on any atom is 0.273 e. The monoisotopic (exact) mass is 420 g/mol. The van der Waals surface area contributed by atoms with Gasteiger partial charge in [-0.25, -0.2) is 4.98 Å². The average Bonchev–Trinajstić information content (AvgIpc) is 3.39. The summed E-state index contributed by atoms with van der Waals surface area (Å²) in [5.41, 5.74) is 1.15. The molecule has 0 radical (unpaired) electrons. The third-order valence-corrected chi connectivity index (χ3v) is 5.46. The van der Waals surface area contributed by atoms with Crippen LogP contribution in [0.1, 0.15) is 43.6 Å². The number of thiazole rings is 1. The number of hydrogen-bond donors (Lipinski definition) is 2. The molecule has 8 heteroatoms. The number of nitrogens with one attached hydrogen (secondary N) is 2. The molecule has 28 heavy (non-hydrogen) atoms. The molecule has 0 spiro atoms. The van der Waals surface area contributed by atoms with Crippen LogP contribution < -0.4 is 10.6 Å². The Kier molecular flexibility index (Phi) is 6.91. The molecular weight excluding hydrogens is 396 g/mol. The van der Waals surface area contributed by atoms with Crippen LogP contribution >= 0.6 is 22.9 Å². The highest BCUT2D eigenvalue weighted by Crippen LogP contribution is 2.30. The number of anilines is 2. The van der Waals surface area contributed by atoms with Crippen LogP contribution in [0.2, 0.25) is 5.02 Å². The van der Waals surface area contributed by atoms with E-state index in [2.05, 4.69) is 29.5 Å². The van der Waals surface area contributed by atoms with E-state index in [1.807, 2.05) is 18.2 Å². The van der Waals surface area contributed by atoms with Crippen molar-refractivity contribution in [1.29, 1.82) is 0 Å². The van der Waals surface area contributed by atoms with Gasteiger partial charge in [0.05, 0.1) is 10.7 Å². The third kappa shape index (κ3) is 5.69. The van der Waals surface area contributed by atoms with Gasteiger partial charge in [-0.3, -0.25) is 9.59 Å². The van der Waals surface area contributed by atoms with E-state index in [4.69, 9.17) is 11.6 Å². The van der Waals surface area contributed by atoms with Crippen molar-refractivity contribution < 1.29 is 9.59 Å². The highest BCUT2D eigenvalue weighted by molar-refractivity contribution is 7.14. The Morgan fingerprint density at radius 3 is 2.75 bits per heavy atom. The molecule has 0 atom stereocenters. The first kappa shape index (κ1) is 20.6. The SMILES string of the molecule is CC(C)CNC(=O)CCN(C(=O)c1csc(Nc2ccccc2Cl)n1)C1CC1. The van der Waals surface area contributed by atoms with Gasteiger partial charge in [0.25, 0.3) is 5.91 Å². The number of carbonyl (C=O) groups excluding carboxylic acids is 2. The molecule has 1 aromatic heterocycles. The molecule has 1 fully saturated rings. The zero-order valence-electron chi connectivity index (χ0n) is 16.1. The lowest BCUT2D eigenvalue weighted by molar-refractivity contribution is -0.121. The first-order valence-electron chi connectivity index (χ1n) is 9.48. The van der Waals surface area contributed by atoms with Gasteiger partial charge >= 0.3 is 0 Å². The van der Waals surface area contributed by atoms with Crippen LogP contribution in [0.25, 0.3) is 0 Å². The van der Waals surface area contributed by atoms with E-state index >= 15 is 0 Å². The molecule has 0 saturated heterocycles. The Morgan fingerprint density at radius 1 is 1.32 bits per heavy atom. The second-order valence-corrected chi connectivity index (χ2v) is 8.59. The number of halogens is 1. The standard InChI is InChI=1S/C20H25ClN4O2S/c1-13(2)11-22-18(26)9-10-25(14-7-8-14)19(27)17-12-28-20(24-17)23-16-6-4-3-5-15(16)21/h3-6,12-14H,7-11H2,1-2H3,(H,22,26)(H,23,24). The average molecular weight is 421 g/mol. The topological polar surface area (TPSA) is 74.3 Å². The fourth-order valence-corrected chi connectivity index (χ4v) is 3.60. The van der Waals surface area contributed by atoms with Crippen molar-refractivity contribution in [2.75, 3.05) is 18.4 Å². The number of nitrogens with zero attached hydrogens (tertiary/aromatic N) is 2. The Labute approximate surface area is 174 Å². The second kappa shape index (κ2) is 9.39. The minimum atomic E-state index is -0.123. The summed E-state index contributed by atoms with van der Waals surface area (Å²) in [6.07, 6.45) is 2.27. The van der Waals surface area contributed by atoms with Gasteiger partial charge in [-0.1, -0.05) is 37.6 Å². The molecule has 6 nitrogen and oxygen atoms in total. The number of para-hydroxylation sites is 1. The van der Waals surface area contributed by atoms with Crippen LogP contribution in [-0.4, -0.2) is 40.8 Å². The van der Waals surface area contributed by atoms with Gasteiger partial charge in [0.15, 0.2) is 5.13 Å². The van der Waals surface area contributed by atoms with Crippen LogP contribution in [0.3, 0.4) is 0 Å². The molecule has 0 aliphatic heterocycles. The maximum absolute atomic E-state index is 12.9. The van der Waals surface area contributed by atoms with Crippen molar-refractivity contribution in [1.82, 2.24) is 15.2 Å². The molecule has 0 bridgehead atoms. The summed E-state index contributed by atoms with van der Waals surface area (Å²) in [6.45, 7) is 5.17. The first-order chi connectivity index (χ1) is 13.4. The van der Waals surface area contributed by atoms with Gasteiger partial charge in [-0.2, -0.15) is 0 Å². The van der Waals surface area contributed by atoms with Crippen molar-refractivity contribution >= 4 is 45.6 Å². The quantitative estimate of drug-likeness (QED) is 0.634. The number of hydrogen-bond acceptors (Lipinski definition) is 5. The molecule has 2 aromatic rings. The summed E-state index contributed by atoms with van der Waals surface area (Å²) in [5, 5.41) is 9.00. The van der Waals surface area contributed by atoms with E-state index < -0.39 is 0 Å². The van der Waals surface area contributed by atoms with Gasteiger partial charge in [-0.05, 0) is 30.9 Å². The van der Waals surface area contributed by atoms with Crippen LogP contribution in [0.4, 0.5) is 10.8 Å². The van der Waals surface area contributed by atoms with Crippen LogP contribution in [0.5, 0.6) is 0 Å². The van der Waals surface area contributed by atoms with Crippen molar-refractivity contribution in [3.63, 3.8) is 0 Å². The zero-order valence-corrected chi connectivity index (χ0v) is 17.6. The molecule has 1 aliphatic rings. The summed E-state index contributed by atoms with van der Waals surface area (Å²) >= 11 is 7.52. The molecule has 1 heterocycles. The number of amides is 2. The predicted molar refractivity (Wildman–Crippen MR) is 113 cm³/mol. The van der Waals surface area contributed by atoms with Gasteiger partial charge in [0.1, 0.15) is 5.69 Å². The Bertz CT molecular complexity index is 835. The maximum atomic E-state index is 12.9. The predicted octanol–water partition coefficient (Wildman–Crippen LogP) is 4.31. The molecule has 2 N–H and O–H groups in total. The third-order valence-electron chi connectivity index (χ3n) is 4.37. The summed E-state index contributed by atoms with van der Waals surface area (Å²) in [7, 11) is 0. The van der Waals surface area contributed by atoms with Gasteiger partial charge in [0, 0.05) is 30.9 Å². The van der Waals surface area contributed by atoms with E-state index in [9.17, 15) is 9.59 Å². The number of rotatable bonds is 9. The van der Waals surface area contributed by atoms with Gasteiger partial charge in [0.2, 0.25) is 5.91 Å². The zero-order chi connectivity index (χ0) is 20.1. The summed E-state index contributed by atoms with van der Waals surface area (Å²) in [6, 6.07) is 7.61. The Morgan fingerprint density at radius 2 is 2.07 bits per heavy atom. The molecule has 1 aromatic carbocycles. The number of carbonyl (C=O) groups is 2. The molecule has 1 saturated carbocycles. The fourth-order valence-electron chi connectivity index (χ4n) is 2.72. The largest absolute Gasteiger partial charge is 0.356 e. The minimum absolute atomic E-state index is 0.0218. The minimum Gasteiger partial charge on any atom is -0.356 e. The Hall–Kier alpha value is -2.12. The molecule has 0 unspecified atom stereocenters. The van der Waals surface area contributed by atoms with E-state index in [0.717, 1.165) is 18.5 Å². The fraction of sp³-hybridized carbons (Fsp3) is 0.450. The smallest absolute Gasteiger partial charge is 0.273 e. The lowest BCUT2D eigenvalue weighted by atomic mass is 10.2. The first-order valence-corrected chi connectivity index (χ1v) is 10.7. The van der Waals surface area contributed by atoms with Gasteiger partial charge in [-0.15, -0.1) is 11.3 Å². The number of benzene rings is 1. The lowest BCUT2D eigenvalue weighted by Crippen LogP contribution is -2.37. The highest BCUT2D eigenvalue weighted by Gasteiger charge is 2.34. The second-order valence-electron chi connectivity index (χ2n) is 7.32. The summed E-state index contributed by atoms with van der Waals surface area (Å²) in [5.74, 6) is 0.262. The van der Waals surface area contributed by atoms with Crippen LogP contribution in [0.15, 0.2) is 29.6 Å². The van der Waals surface area contributed by atoms with E-state index in [0.29, 0.717) is 41.3 Å². The molecule has 3 rings (SSSR count). The lowest BCUT2D eigenvalue weighted by Gasteiger charge is -2.21. The molecule has 2 amide bonds. The normalized spacial score (nSPS) is 13.4. The van der Waals surface area contributed by atoms with Crippen LogP contribution in [-0.2, 0) is 4.79 Å². The van der Waals surface area contributed by atoms with Crippen molar-refractivity contribution in [3.05, 3.63) is 40.4 Å². The highest BCUT2D eigenvalue weighted by atomic mass is 35.5. The molecule has 1 aliphatic carbocycles. The van der Waals surface area contributed by atoms with Crippen LogP contribution in [0, 0.1) is 5.92 Å². The van der Waals surface area contributed by atoms with Crippen molar-refractivity contribution in [2.45, 2.75) is 39.2 Å². The molecule has 150 valence electrons. The summed E-state index contributed by atoms with van der Waals surface area (Å²) < 4.78 is 0. The van der Waals surface area contributed by atoms with Gasteiger partial charge < -0.3 is 15.5 Å². The van der Waals surface area contributed by atoms with E-state index in [-0.39, 0.29) is 17.9 Å². The summed E-state index contributed by atoms with van der Waals surface area (Å²) in [4.78, 5) is 31.1. The van der Waals surface area contributed by atoms with Crippen molar-refractivity contribution in [2.24, 2.45) is 5.92 Å². The van der Waals surface area contributed by atoms with E-state index in [1.54, 1.807) is 16.3 Å². The molecular formula is C20H25ClN4O2S. The van der Waals surface area contributed by atoms with Crippen molar-refractivity contribution in [3.8, 4) is 0 Å². The number of aromatic nitrogens is 1. The van der Waals surface area contributed by atoms with E-state index in [1.165, 1.54) is 11.3 Å².